The quantitative estimate of drug-likeness (QED) is 0.0268. The first-order valence-electron chi connectivity index (χ1n) is 15.0. The molecule has 0 radical (unpaired) electrons. The molecule has 0 saturated heterocycles. The number of halogens is 6. The number of hydrogen-bond acceptors (Lipinski definition) is 12. The highest BCUT2D eigenvalue weighted by atomic mass is 19.2. The molecule has 0 saturated carbocycles. The Balaban J connectivity index is 1.76. The van der Waals surface area contributed by atoms with Crippen molar-refractivity contribution < 1.29 is 83.2 Å². The molecule has 0 spiro atoms. The fourth-order valence-electron chi connectivity index (χ4n) is 3.13. The maximum atomic E-state index is 13.5. The molecular weight excluding hydrogens is 654 g/mol. The Kier molecular flexibility index (Phi) is 27.3. The molecular formula is C29H44F6O12. The third-order valence-electron chi connectivity index (χ3n) is 5.41. The van der Waals surface area contributed by atoms with Crippen molar-refractivity contribution >= 4 is 5.97 Å². The molecule has 0 aliphatic carbocycles. The van der Waals surface area contributed by atoms with Gasteiger partial charge in [-0.2, -0.15) is 8.78 Å². The molecule has 1 rings (SSSR count). The monoisotopic (exact) mass is 698 g/mol. The number of ether oxygens (including phenoxy) is 11. The Morgan fingerprint density at radius 2 is 0.596 bits per heavy atom. The number of carbonyl (C=O) groups excluding carboxylic acids is 1. The molecule has 0 heterocycles. The van der Waals surface area contributed by atoms with Gasteiger partial charge in [-0.15, -0.1) is 0 Å². The summed E-state index contributed by atoms with van der Waals surface area (Å²) in [6.45, 7) is 5.96. The van der Waals surface area contributed by atoms with Crippen LogP contribution in [-0.2, 0) is 52.2 Å². The number of hydrogen-bond donors (Lipinski definition) is 0. The lowest BCUT2D eigenvalue weighted by molar-refractivity contribution is -0.136. The predicted octanol–water partition coefficient (Wildman–Crippen LogP) is 2.81. The Morgan fingerprint density at radius 3 is 0.872 bits per heavy atom. The van der Waals surface area contributed by atoms with Crippen LogP contribution in [0.2, 0.25) is 0 Å². The molecule has 0 fully saturated rings. The summed E-state index contributed by atoms with van der Waals surface area (Å²) in [5.74, 6) is -14.2. The average Bonchev–Trinajstić information content (AvgIpc) is 3.07. The highest BCUT2D eigenvalue weighted by Crippen LogP contribution is 2.29. The van der Waals surface area contributed by atoms with Gasteiger partial charge in [-0.1, -0.05) is 0 Å². The summed E-state index contributed by atoms with van der Waals surface area (Å²) in [5, 5.41) is 0. The smallest absolute Gasteiger partial charge is 0.313 e. The van der Waals surface area contributed by atoms with E-state index in [1.54, 1.807) is 0 Å². The lowest BCUT2D eigenvalue weighted by Crippen LogP contribution is -2.16. The van der Waals surface area contributed by atoms with E-state index in [0.29, 0.717) is 99.1 Å². The minimum Gasteiger partial charge on any atom is -0.420 e. The molecule has 12 nitrogen and oxygen atoms in total. The Labute approximate surface area is 269 Å². The van der Waals surface area contributed by atoms with Crippen LogP contribution < -0.4 is 4.74 Å². The molecule has 0 unspecified atom stereocenters. The Hall–Kier alpha value is -2.13. The molecule has 274 valence electrons. The van der Waals surface area contributed by atoms with Crippen LogP contribution in [0.4, 0.5) is 26.3 Å². The predicted molar refractivity (Wildman–Crippen MR) is 151 cm³/mol. The first kappa shape index (κ1) is 42.9. The molecule has 0 atom stereocenters. The van der Waals surface area contributed by atoms with Crippen LogP contribution >= 0.6 is 0 Å². The van der Waals surface area contributed by atoms with Gasteiger partial charge in [-0.05, 0) is 0 Å². The van der Waals surface area contributed by atoms with E-state index in [1.807, 2.05) is 0 Å². The number of esters is 1. The molecule has 1 aromatic rings. The minimum absolute atomic E-state index is 0.0770. The summed E-state index contributed by atoms with van der Waals surface area (Å²) in [7, 11) is 0. The zero-order chi connectivity index (χ0) is 34.4. The number of alkyl halides is 1. The van der Waals surface area contributed by atoms with Crippen molar-refractivity contribution in [1.29, 1.82) is 0 Å². The standard InChI is InChI=1S/C29H44F6O12/c30-2-4-38-6-8-40-10-12-42-14-16-44-18-20-46-22-21-45-19-17-43-15-13-41-11-9-39-7-5-37-3-1-23(36)47-29-27(34)25(32)24(31)26(33)28(29)35/h1-22H2. The summed E-state index contributed by atoms with van der Waals surface area (Å²) in [4.78, 5) is 11.6. The van der Waals surface area contributed by atoms with Crippen molar-refractivity contribution in [1.82, 2.24) is 0 Å². The van der Waals surface area contributed by atoms with Gasteiger partial charge < -0.3 is 52.1 Å². The molecule has 0 bridgehead atoms. The van der Waals surface area contributed by atoms with E-state index in [9.17, 15) is 31.1 Å². The zero-order valence-corrected chi connectivity index (χ0v) is 26.2. The van der Waals surface area contributed by atoms with E-state index in [4.69, 9.17) is 47.4 Å². The van der Waals surface area contributed by atoms with Crippen LogP contribution in [0.1, 0.15) is 6.42 Å². The third-order valence-corrected chi connectivity index (χ3v) is 5.41. The summed E-state index contributed by atoms with van der Waals surface area (Å²) < 4.78 is 135. The Morgan fingerprint density at radius 1 is 0.362 bits per heavy atom. The van der Waals surface area contributed by atoms with E-state index >= 15 is 0 Å². The SMILES string of the molecule is O=C(CCOCCOCCOCCOCCOCCOCCOCCOCCOCCOCCF)Oc1c(F)c(F)c(F)c(F)c1F. The topological polar surface area (TPSA) is 119 Å². The van der Waals surface area contributed by atoms with Crippen LogP contribution in [0.3, 0.4) is 0 Å². The van der Waals surface area contributed by atoms with Crippen LogP contribution in [-0.4, -0.2) is 145 Å². The lowest BCUT2D eigenvalue weighted by atomic mass is 10.2. The summed E-state index contributed by atoms with van der Waals surface area (Å²) in [6, 6.07) is 0. The van der Waals surface area contributed by atoms with Gasteiger partial charge in [0.1, 0.15) is 6.67 Å². The number of benzene rings is 1. The first-order chi connectivity index (χ1) is 22.9. The second-order valence-corrected chi connectivity index (χ2v) is 8.94. The molecule has 0 amide bonds. The van der Waals surface area contributed by atoms with Crippen molar-refractivity contribution in [2.45, 2.75) is 6.42 Å². The van der Waals surface area contributed by atoms with Crippen LogP contribution in [0.25, 0.3) is 0 Å². The normalized spacial score (nSPS) is 11.4. The van der Waals surface area contributed by atoms with Crippen molar-refractivity contribution in [2.24, 2.45) is 0 Å². The van der Waals surface area contributed by atoms with E-state index in [1.165, 1.54) is 0 Å². The summed E-state index contributed by atoms with van der Waals surface area (Å²) >= 11 is 0. The second-order valence-electron chi connectivity index (χ2n) is 8.94. The summed E-state index contributed by atoms with van der Waals surface area (Å²) in [6.07, 6.45) is -0.490. The number of carbonyl (C=O) groups is 1. The van der Waals surface area contributed by atoms with Gasteiger partial charge in [0.05, 0.1) is 139 Å². The van der Waals surface area contributed by atoms with E-state index in [-0.39, 0.29) is 33.0 Å². The van der Waals surface area contributed by atoms with Gasteiger partial charge in [0.15, 0.2) is 0 Å². The molecule has 0 aliphatic heterocycles. The van der Waals surface area contributed by atoms with E-state index in [0.717, 1.165) is 0 Å². The second kappa shape index (κ2) is 30.0. The van der Waals surface area contributed by atoms with E-state index < -0.39 is 53.9 Å². The molecule has 0 aliphatic rings. The van der Waals surface area contributed by atoms with E-state index in [2.05, 4.69) is 4.74 Å². The fourth-order valence-corrected chi connectivity index (χ4v) is 3.13. The molecule has 47 heavy (non-hydrogen) atoms. The minimum atomic E-state index is -2.35. The van der Waals surface area contributed by atoms with Gasteiger partial charge >= 0.3 is 5.97 Å². The van der Waals surface area contributed by atoms with Crippen LogP contribution in [0, 0.1) is 29.1 Å². The lowest BCUT2D eigenvalue weighted by Gasteiger charge is -2.09. The molecule has 0 N–H and O–H groups in total. The van der Waals surface area contributed by atoms with Gasteiger partial charge in [-0.25, -0.2) is 17.6 Å². The van der Waals surface area contributed by atoms with Gasteiger partial charge in [0.2, 0.25) is 34.8 Å². The number of rotatable bonds is 33. The molecule has 18 heteroatoms. The van der Waals surface area contributed by atoms with Crippen molar-refractivity contribution in [3.8, 4) is 5.75 Å². The van der Waals surface area contributed by atoms with Crippen molar-refractivity contribution in [3.63, 3.8) is 0 Å². The fraction of sp³-hybridized carbons (Fsp3) is 0.759. The van der Waals surface area contributed by atoms with Crippen molar-refractivity contribution in [2.75, 3.05) is 139 Å². The van der Waals surface area contributed by atoms with Crippen LogP contribution in [0.5, 0.6) is 5.75 Å². The largest absolute Gasteiger partial charge is 0.420 e. The maximum Gasteiger partial charge on any atom is 0.313 e. The first-order valence-corrected chi connectivity index (χ1v) is 15.0. The van der Waals surface area contributed by atoms with Gasteiger partial charge in [0.25, 0.3) is 0 Å². The highest BCUT2D eigenvalue weighted by molar-refractivity contribution is 5.72. The molecule has 0 aromatic heterocycles. The average molecular weight is 699 g/mol. The Bertz CT molecular complexity index is 905. The summed E-state index contributed by atoms with van der Waals surface area (Å²) in [5.41, 5.74) is 0. The highest BCUT2D eigenvalue weighted by Gasteiger charge is 2.28. The van der Waals surface area contributed by atoms with Gasteiger partial charge in [0, 0.05) is 0 Å². The van der Waals surface area contributed by atoms with Gasteiger partial charge in [-0.3, -0.25) is 4.79 Å². The third kappa shape index (κ3) is 22.2. The van der Waals surface area contributed by atoms with Crippen LogP contribution in [0.15, 0.2) is 0 Å². The molecule has 1 aromatic carbocycles. The maximum absolute atomic E-state index is 13.5. The van der Waals surface area contributed by atoms with Crippen molar-refractivity contribution in [3.05, 3.63) is 29.1 Å². The zero-order valence-electron chi connectivity index (χ0n) is 26.2.